The number of nitrogens with one attached hydrogen (secondary N) is 2. The normalized spacial score (nSPS) is 10.4. The van der Waals surface area contributed by atoms with Crippen LogP contribution in [0.3, 0.4) is 0 Å². The molecule has 0 aliphatic rings. The number of unbranched alkanes of at least 4 members (excludes halogenated alkanes) is 4. The summed E-state index contributed by atoms with van der Waals surface area (Å²) < 4.78 is 0. The van der Waals surface area contributed by atoms with Crippen molar-refractivity contribution in [2.75, 3.05) is 5.32 Å². The van der Waals surface area contributed by atoms with Crippen LogP contribution in [0.5, 0.6) is 0 Å². The predicted molar refractivity (Wildman–Crippen MR) is 121 cm³/mol. The van der Waals surface area contributed by atoms with Gasteiger partial charge in [-0.05, 0) is 55.5 Å². The number of para-hydroxylation sites is 1. The van der Waals surface area contributed by atoms with E-state index in [1.54, 1.807) is 12.1 Å². The molecule has 0 saturated heterocycles. The third-order valence-electron chi connectivity index (χ3n) is 4.88. The summed E-state index contributed by atoms with van der Waals surface area (Å²) in [5, 5.41) is 2.85. The minimum absolute atomic E-state index is 0.00532. The van der Waals surface area contributed by atoms with Crippen molar-refractivity contribution in [3.63, 3.8) is 0 Å². The van der Waals surface area contributed by atoms with Crippen LogP contribution in [0, 0.1) is 0 Å². The van der Waals surface area contributed by atoms with Crippen molar-refractivity contribution >= 4 is 23.5 Å². The number of hydrogen-bond acceptors (Lipinski definition) is 4. The molecule has 2 N–H and O–H groups in total. The lowest BCUT2D eigenvalue weighted by molar-refractivity contribution is -0.130. The molecule has 0 aromatic heterocycles. The van der Waals surface area contributed by atoms with Crippen LogP contribution in [-0.4, -0.2) is 17.8 Å². The molecule has 0 saturated carbocycles. The average molecular weight is 425 g/mol. The van der Waals surface area contributed by atoms with Crippen LogP contribution in [-0.2, 0) is 20.8 Å². The quantitative estimate of drug-likeness (QED) is 0.362. The summed E-state index contributed by atoms with van der Waals surface area (Å²) in [5.41, 5.74) is 4.60. The van der Waals surface area contributed by atoms with E-state index in [4.69, 9.17) is 4.84 Å². The SMILES string of the molecule is CCCCc1ccc(C(=O)ONC(=O)CCCCCCC(=O)Nc2ccccc2)cc1. The molecule has 6 heteroatoms. The van der Waals surface area contributed by atoms with Crippen molar-refractivity contribution in [1.82, 2.24) is 5.48 Å². The van der Waals surface area contributed by atoms with E-state index in [9.17, 15) is 14.4 Å². The van der Waals surface area contributed by atoms with E-state index in [1.807, 2.05) is 42.5 Å². The summed E-state index contributed by atoms with van der Waals surface area (Å²) in [4.78, 5) is 40.6. The van der Waals surface area contributed by atoms with E-state index in [-0.39, 0.29) is 18.2 Å². The number of aryl methyl sites for hydroxylation is 1. The second-order valence-corrected chi connectivity index (χ2v) is 7.54. The van der Waals surface area contributed by atoms with Crippen molar-refractivity contribution in [1.29, 1.82) is 0 Å². The summed E-state index contributed by atoms with van der Waals surface area (Å²) in [7, 11) is 0. The monoisotopic (exact) mass is 424 g/mol. The van der Waals surface area contributed by atoms with Gasteiger partial charge in [-0.15, -0.1) is 0 Å². The summed E-state index contributed by atoms with van der Waals surface area (Å²) in [5.74, 6) is -0.899. The zero-order chi connectivity index (χ0) is 22.3. The first kappa shape index (κ1) is 24.1. The van der Waals surface area contributed by atoms with Gasteiger partial charge in [0.1, 0.15) is 0 Å². The Morgan fingerprint density at radius 3 is 2.06 bits per heavy atom. The molecule has 0 aliphatic carbocycles. The Morgan fingerprint density at radius 2 is 1.42 bits per heavy atom. The first-order valence-corrected chi connectivity index (χ1v) is 11.0. The van der Waals surface area contributed by atoms with Crippen LogP contribution in [0.25, 0.3) is 0 Å². The number of carbonyl (C=O) groups is 3. The predicted octanol–water partition coefficient (Wildman–Crippen LogP) is 5.20. The van der Waals surface area contributed by atoms with E-state index in [0.717, 1.165) is 44.2 Å². The zero-order valence-electron chi connectivity index (χ0n) is 18.2. The first-order chi connectivity index (χ1) is 15.1. The third kappa shape index (κ3) is 9.94. The molecule has 2 aromatic rings. The number of amides is 2. The van der Waals surface area contributed by atoms with Gasteiger partial charge in [-0.1, -0.05) is 56.5 Å². The fraction of sp³-hybridized carbons (Fsp3) is 0.400. The molecule has 2 amide bonds. The number of anilines is 1. The van der Waals surface area contributed by atoms with Gasteiger partial charge in [-0.3, -0.25) is 9.59 Å². The molecule has 0 fully saturated rings. The van der Waals surface area contributed by atoms with Crippen LogP contribution >= 0.6 is 0 Å². The molecular weight excluding hydrogens is 392 g/mol. The summed E-state index contributed by atoms with van der Waals surface area (Å²) in [6.45, 7) is 2.14. The van der Waals surface area contributed by atoms with Gasteiger partial charge in [0.15, 0.2) is 0 Å². The van der Waals surface area contributed by atoms with Crippen molar-refractivity contribution in [2.45, 2.75) is 64.7 Å². The molecule has 2 rings (SSSR count). The Balaban J connectivity index is 1.52. The molecule has 0 bridgehead atoms. The van der Waals surface area contributed by atoms with Gasteiger partial charge in [0.25, 0.3) is 5.91 Å². The van der Waals surface area contributed by atoms with Gasteiger partial charge < -0.3 is 10.2 Å². The lowest BCUT2D eigenvalue weighted by Crippen LogP contribution is -2.26. The zero-order valence-corrected chi connectivity index (χ0v) is 18.2. The molecule has 0 heterocycles. The molecule has 0 unspecified atom stereocenters. The second kappa shape index (κ2) is 14.0. The van der Waals surface area contributed by atoms with E-state index in [2.05, 4.69) is 17.7 Å². The summed E-state index contributed by atoms with van der Waals surface area (Å²) >= 11 is 0. The van der Waals surface area contributed by atoms with E-state index in [0.29, 0.717) is 18.4 Å². The Labute approximate surface area is 184 Å². The molecule has 0 atom stereocenters. The topological polar surface area (TPSA) is 84.5 Å². The molecule has 0 spiro atoms. The van der Waals surface area contributed by atoms with Gasteiger partial charge in [-0.25, -0.2) is 4.79 Å². The molecule has 6 nitrogen and oxygen atoms in total. The molecule has 2 aromatic carbocycles. The maximum atomic E-state index is 12.0. The van der Waals surface area contributed by atoms with Crippen molar-refractivity contribution in [2.24, 2.45) is 0 Å². The minimum Gasteiger partial charge on any atom is -0.335 e. The fourth-order valence-corrected chi connectivity index (χ4v) is 3.07. The maximum absolute atomic E-state index is 12.0. The Bertz CT molecular complexity index is 819. The summed E-state index contributed by atoms with van der Waals surface area (Å²) in [6.07, 6.45) is 7.09. The molecule has 31 heavy (non-hydrogen) atoms. The fourth-order valence-electron chi connectivity index (χ4n) is 3.07. The highest BCUT2D eigenvalue weighted by Gasteiger charge is 2.10. The highest BCUT2D eigenvalue weighted by atomic mass is 16.7. The van der Waals surface area contributed by atoms with Gasteiger partial charge in [0, 0.05) is 18.5 Å². The number of benzene rings is 2. The van der Waals surface area contributed by atoms with Crippen molar-refractivity contribution < 1.29 is 19.2 Å². The number of carbonyl (C=O) groups excluding carboxylic acids is 3. The Hall–Kier alpha value is -3.15. The first-order valence-electron chi connectivity index (χ1n) is 11.0. The summed E-state index contributed by atoms with van der Waals surface area (Å²) in [6, 6.07) is 16.6. The van der Waals surface area contributed by atoms with Crippen LogP contribution in [0.2, 0.25) is 0 Å². The van der Waals surface area contributed by atoms with E-state index < -0.39 is 5.97 Å². The highest BCUT2D eigenvalue weighted by molar-refractivity contribution is 5.91. The van der Waals surface area contributed by atoms with Crippen LogP contribution in [0.1, 0.15) is 74.2 Å². The Morgan fingerprint density at radius 1 is 0.774 bits per heavy atom. The van der Waals surface area contributed by atoms with Gasteiger partial charge in [-0.2, -0.15) is 5.48 Å². The minimum atomic E-state index is -0.570. The smallest absolute Gasteiger partial charge is 0.335 e. The second-order valence-electron chi connectivity index (χ2n) is 7.54. The molecular formula is C25H32N2O4. The maximum Gasteiger partial charge on any atom is 0.362 e. The van der Waals surface area contributed by atoms with Crippen molar-refractivity contribution in [3.05, 3.63) is 65.7 Å². The largest absolute Gasteiger partial charge is 0.362 e. The van der Waals surface area contributed by atoms with Gasteiger partial charge in [0.05, 0.1) is 5.56 Å². The standard InChI is InChI=1S/C25H32N2O4/c1-2-3-11-20-16-18-21(19-17-20)25(30)31-27-24(29)15-10-5-4-9-14-23(28)26-22-12-7-6-8-13-22/h6-8,12-13,16-19H,2-5,9-11,14-15H2,1H3,(H,26,28)(H,27,29). The lowest BCUT2D eigenvalue weighted by Gasteiger charge is -2.07. The molecule has 0 aliphatic heterocycles. The number of hydroxylamine groups is 1. The Kier molecular flexibility index (Phi) is 10.9. The van der Waals surface area contributed by atoms with E-state index >= 15 is 0 Å². The average Bonchev–Trinajstić information content (AvgIpc) is 2.79. The van der Waals surface area contributed by atoms with Gasteiger partial charge >= 0.3 is 5.97 Å². The third-order valence-corrected chi connectivity index (χ3v) is 4.88. The van der Waals surface area contributed by atoms with Gasteiger partial charge in [0.2, 0.25) is 5.91 Å². The lowest BCUT2D eigenvalue weighted by atomic mass is 10.1. The number of rotatable bonds is 12. The molecule has 166 valence electrons. The number of hydrogen-bond donors (Lipinski definition) is 2. The highest BCUT2D eigenvalue weighted by Crippen LogP contribution is 2.10. The van der Waals surface area contributed by atoms with E-state index in [1.165, 1.54) is 5.56 Å². The van der Waals surface area contributed by atoms with Crippen LogP contribution in [0.4, 0.5) is 5.69 Å². The van der Waals surface area contributed by atoms with Crippen LogP contribution < -0.4 is 10.8 Å². The molecule has 0 radical (unpaired) electrons. The van der Waals surface area contributed by atoms with Crippen molar-refractivity contribution in [3.8, 4) is 0 Å². The van der Waals surface area contributed by atoms with Crippen LogP contribution in [0.15, 0.2) is 54.6 Å².